The predicted molar refractivity (Wildman–Crippen MR) is 79.9 cm³/mol. The minimum Gasteiger partial charge on any atom is -0.481 e. The Balaban J connectivity index is 1.93. The topological polar surface area (TPSA) is 60.9 Å². The predicted octanol–water partition coefficient (Wildman–Crippen LogP) is 2.43. The molecule has 21 heavy (non-hydrogen) atoms. The van der Waals surface area contributed by atoms with E-state index in [9.17, 15) is 9.59 Å². The first-order valence-electron chi connectivity index (χ1n) is 7.39. The third kappa shape index (κ3) is 4.21. The first-order chi connectivity index (χ1) is 10.1. The van der Waals surface area contributed by atoms with Crippen LogP contribution in [0.4, 0.5) is 4.79 Å². The molecule has 0 saturated carbocycles. The fraction of sp³-hybridized carbons (Fsp3) is 0.500. The fourth-order valence-electron chi connectivity index (χ4n) is 2.74. The number of hydrogen-bond acceptors (Lipinski definition) is 2. The van der Waals surface area contributed by atoms with Crippen molar-refractivity contribution >= 4 is 12.0 Å². The molecule has 114 valence electrons. The van der Waals surface area contributed by atoms with Crippen LogP contribution in [0.5, 0.6) is 0 Å². The van der Waals surface area contributed by atoms with Gasteiger partial charge in [-0.2, -0.15) is 0 Å². The highest BCUT2D eigenvalue weighted by atomic mass is 16.4. The standard InChI is InChI=1S/C16H22N2O3/c1-2-17(11-13-6-4-3-5-7-13)16(21)18-9-8-14(12-18)10-15(19)20/h3-7,14H,2,8-12H2,1H3,(H,19,20). The summed E-state index contributed by atoms with van der Waals surface area (Å²) in [6, 6.07) is 9.91. The number of hydrogen-bond donors (Lipinski definition) is 1. The molecule has 0 spiro atoms. The molecule has 0 aliphatic carbocycles. The molecule has 1 heterocycles. The molecule has 2 amide bonds. The molecule has 1 aliphatic rings. The number of carboxylic acids is 1. The zero-order valence-corrected chi connectivity index (χ0v) is 12.4. The Hall–Kier alpha value is -2.04. The van der Waals surface area contributed by atoms with E-state index in [0.29, 0.717) is 26.2 Å². The van der Waals surface area contributed by atoms with Crippen molar-refractivity contribution in [2.24, 2.45) is 5.92 Å². The van der Waals surface area contributed by atoms with E-state index >= 15 is 0 Å². The fourth-order valence-corrected chi connectivity index (χ4v) is 2.74. The van der Waals surface area contributed by atoms with Gasteiger partial charge in [-0.05, 0) is 24.8 Å². The van der Waals surface area contributed by atoms with Crippen LogP contribution in [-0.4, -0.2) is 46.5 Å². The maximum atomic E-state index is 12.5. The molecular weight excluding hydrogens is 268 g/mol. The minimum atomic E-state index is -0.786. The number of urea groups is 1. The second-order valence-electron chi connectivity index (χ2n) is 5.48. The number of benzene rings is 1. The van der Waals surface area contributed by atoms with Crippen molar-refractivity contribution in [1.82, 2.24) is 9.80 Å². The van der Waals surface area contributed by atoms with Gasteiger partial charge in [-0.3, -0.25) is 4.79 Å². The van der Waals surface area contributed by atoms with Crippen LogP contribution in [0.1, 0.15) is 25.3 Å². The summed E-state index contributed by atoms with van der Waals surface area (Å²) in [6.45, 7) is 4.41. The molecule has 1 aliphatic heterocycles. The number of amides is 2. The molecule has 5 nitrogen and oxygen atoms in total. The van der Waals surface area contributed by atoms with Crippen LogP contribution in [0.3, 0.4) is 0 Å². The van der Waals surface area contributed by atoms with Crippen LogP contribution in [0.25, 0.3) is 0 Å². The van der Waals surface area contributed by atoms with Gasteiger partial charge < -0.3 is 14.9 Å². The van der Waals surface area contributed by atoms with Gasteiger partial charge in [-0.1, -0.05) is 30.3 Å². The summed E-state index contributed by atoms with van der Waals surface area (Å²) in [6.07, 6.45) is 0.926. The molecule has 0 aromatic heterocycles. The molecular formula is C16H22N2O3. The van der Waals surface area contributed by atoms with Crippen LogP contribution in [0.2, 0.25) is 0 Å². The lowest BCUT2D eigenvalue weighted by Gasteiger charge is -2.27. The van der Waals surface area contributed by atoms with Gasteiger partial charge in [0.2, 0.25) is 0 Å². The average molecular weight is 290 g/mol. The SMILES string of the molecule is CCN(Cc1ccccc1)C(=O)N1CCC(CC(=O)O)C1. The van der Waals surface area contributed by atoms with Crippen LogP contribution >= 0.6 is 0 Å². The van der Waals surface area contributed by atoms with E-state index in [1.807, 2.05) is 37.3 Å². The van der Waals surface area contributed by atoms with E-state index in [0.717, 1.165) is 12.0 Å². The molecule has 1 unspecified atom stereocenters. The lowest BCUT2D eigenvalue weighted by molar-refractivity contribution is -0.138. The highest BCUT2D eigenvalue weighted by Crippen LogP contribution is 2.21. The third-order valence-electron chi connectivity index (χ3n) is 3.89. The van der Waals surface area contributed by atoms with Crippen molar-refractivity contribution in [3.05, 3.63) is 35.9 Å². The van der Waals surface area contributed by atoms with Crippen molar-refractivity contribution in [2.75, 3.05) is 19.6 Å². The van der Waals surface area contributed by atoms with E-state index < -0.39 is 5.97 Å². The largest absolute Gasteiger partial charge is 0.481 e. The highest BCUT2D eigenvalue weighted by Gasteiger charge is 2.29. The number of rotatable bonds is 5. The number of carbonyl (C=O) groups is 2. The van der Waals surface area contributed by atoms with Crippen LogP contribution in [0, 0.1) is 5.92 Å². The molecule has 1 aromatic rings. The number of likely N-dealkylation sites (tertiary alicyclic amines) is 1. The maximum absolute atomic E-state index is 12.5. The third-order valence-corrected chi connectivity index (χ3v) is 3.89. The Labute approximate surface area is 125 Å². The molecule has 0 bridgehead atoms. The molecule has 1 atom stereocenters. The van der Waals surface area contributed by atoms with E-state index in [1.165, 1.54) is 0 Å². The number of nitrogens with zero attached hydrogens (tertiary/aromatic N) is 2. The highest BCUT2D eigenvalue weighted by molar-refractivity contribution is 5.75. The molecule has 0 radical (unpaired) electrons. The normalized spacial score (nSPS) is 17.8. The van der Waals surface area contributed by atoms with Gasteiger partial charge in [-0.25, -0.2) is 4.79 Å². The first-order valence-corrected chi connectivity index (χ1v) is 7.39. The first kappa shape index (κ1) is 15.4. The summed E-state index contributed by atoms with van der Waals surface area (Å²) >= 11 is 0. The van der Waals surface area contributed by atoms with Crippen molar-refractivity contribution in [3.8, 4) is 0 Å². The van der Waals surface area contributed by atoms with Crippen molar-refractivity contribution in [3.63, 3.8) is 0 Å². The van der Waals surface area contributed by atoms with E-state index in [4.69, 9.17) is 5.11 Å². The number of carbonyl (C=O) groups excluding carboxylic acids is 1. The smallest absolute Gasteiger partial charge is 0.320 e. The summed E-state index contributed by atoms with van der Waals surface area (Å²) < 4.78 is 0. The zero-order chi connectivity index (χ0) is 15.2. The lowest BCUT2D eigenvalue weighted by atomic mass is 10.1. The summed E-state index contributed by atoms with van der Waals surface area (Å²) in [4.78, 5) is 26.8. The number of aliphatic carboxylic acids is 1. The summed E-state index contributed by atoms with van der Waals surface area (Å²) in [7, 11) is 0. The monoisotopic (exact) mass is 290 g/mol. The van der Waals surface area contributed by atoms with Crippen molar-refractivity contribution < 1.29 is 14.7 Å². The van der Waals surface area contributed by atoms with Gasteiger partial charge in [0.15, 0.2) is 0 Å². The quantitative estimate of drug-likeness (QED) is 0.906. The van der Waals surface area contributed by atoms with E-state index in [-0.39, 0.29) is 18.4 Å². The molecule has 1 saturated heterocycles. The molecule has 1 N–H and O–H groups in total. The molecule has 1 fully saturated rings. The van der Waals surface area contributed by atoms with Crippen LogP contribution in [0.15, 0.2) is 30.3 Å². The van der Waals surface area contributed by atoms with E-state index in [2.05, 4.69) is 0 Å². The summed E-state index contributed by atoms with van der Waals surface area (Å²) in [5, 5.41) is 8.84. The van der Waals surface area contributed by atoms with E-state index in [1.54, 1.807) is 9.80 Å². The van der Waals surface area contributed by atoms with Gasteiger partial charge in [0.1, 0.15) is 0 Å². The Morgan fingerprint density at radius 3 is 2.67 bits per heavy atom. The Morgan fingerprint density at radius 1 is 1.33 bits per heavy atom. The van der Waals surface area contributed by atoms with Gasteiger partial charge in [0.25, 0.3) is 0 Å². The molecule has 2 rings (SSSR count). The van der Waals surface area contributed by atoms with Gasteiger partial charge in [0.05, 0.1) is 0 Å². The summed E-state index contributed by atoms with van der Waals surface area (Å²) in [5.74, 6) is -0.701. The Bertz CT molecular complexity index is 490. The van der Waals surface area contributed by atoms with Crippen LogP contribution in [-0.2, 0) is 11.3 Å². The molecule has 5 heteroatoms. The molecule has 1 aromatic carbocycles. The van der Waals surface area contributed by atoms with Crippen molar-refractivity contribution in [2.45, 2.75) is 26.3 Å². The average Bonchev–Trinajstić information content (AvgIpc) is 2.92. The van der Waals surface area contributed by atoms with Gasteiger partial charge in [-0.15, -0.1) is 0 Å². The van der Waals surface area contributed by atoms with Crippen LogP contribution < -0.4 is 0 Å². The Kier molecular flexibility index (Phi) is 5.20. The van der Waals surface area contributed by atoms with Gasteiger partial charge >= 0.3 is 12.0 Å². The second-order valence-corrected chi connectivity index (χ2v) is 5.48. The number of carboxylic acid groups (broad SMARTS) is 1. The zero-order valence-electron chi connectivity index (χ0n) is 12.4. The lowest BCUT2D eigenvalue weighted by Crippen LogP contribution is -2.41. The van der Waals surface area contributed by atoms with Gasteiger partial charge in [0, 0.05) is 32.6 Å². The summed E-state index contributed by atoms with van der Waals surface area (Å²) in [5.41, 5.74) is 1.11. The minimum absolute atomic E-state index is 0.00856. The second kappa shape index (κ2) is 7.11. The maximum Gasteiger partial charge on any atom is 0.320 e. The Morgan fingerprint density at radius 2 is 2.05 bits per heavy atom. The van der Waals surface area contributed by atoms with Crippen molar-refractivity contribution in [1.29, 1.82) is 0 Å².